The van der Waals surface area contributed by atoms with Gasteiger partial charge < -0.3 is 10.7 Å². The SMILES string of the molecule is CC(=O)c1ccc(N)c(Sc2nc3ccc(C)cc3[nH]2)c1. The number of carbonyl (C=O) groups is 1. The van der Waals surface area contributed by atoms with Crippen LogP contribution in [0.4, 0.5) is 5.69 Å². The molecule has 0 fully saturated rings. The first-order chi connectivity index (χ1) is 10.0. The van der Waals surface area contributed by atoms with Crippen molar-refractivity contribution in [2.45, 2.75) is 23.9 Å². The second-order valence-corrected chi connectivity index (χ2v) is 6.00. The molecule has 0 aliphatic carbocycles. The van der Waals surface area contributed by atoms with E-state index in [-0.39, 0.29) is 5.78 Å². The Morgan fingerprint density at radius 2 is 2.05 bits per heavy atom. The van der Waals surface area contributed by atoms with E-state index < -0.39 is 0 Å². The van der Waals surface area contributed by atoms with Gasteiger partial charge in [0.05, 0.1) is 11.0 Å². The number of nitrogens with one attached hydrogen (secondary N) is 1. The number of rotatable bonds is 3. The van der Waals surface area contributed by atoms with E-state index in [0.29, 0.717) is 11.3 Å². The summed E-state index contributed by atoms with van der Waals surface area (Å²) < 4.78 is 0. The summed E-state index contributed by atoms with van der Waals surface area (Å²) in [5.41, 5.74) is 10.4. The van der Waals surface area contributed by atoms with Crippen LogP contribution in [0.3, 0.4) is 0 Å². The molecule has 0 saturated carbocycles. The van der Waals surface area contributed by atoms with Gasteiger partial charge in [0.25, 0.3) is 0 Å². The van der Waals surface area contributed by atoms with Crippen LogP contribution in [0.1, 0.15) is 22.8 Å². The van der Waals surface area contributed by atoms with Gasteiger partial charge >= 0.3 is 0 Å². The van der Waals surface area contributed by atoms with E-state index in [1.165, 1.54) is 17.3 Å². The largest absolute Gasteiger partial charge is 0.398 e. The Morgan fingerprint density at radius 1 is 1.24 bits per heavy atom. The molecule has 1 heterocycles. The predicted octanol–water partition coefficient (Wildman–Crippen LogP) is 3.81. The number of aromatic nitrogens is 2. The van der Waals surface area contributed by atoms with Crippen molar-refractivity contribution in [1.29, 1.82) is 0 Å². The van der Waals surface area contributed by atoms with Gasteiger partial charge in [-0.3, -0.25) is 4.79 Å². The van der Waals surface area contributed by atoms with Crippen molar-refractivity contribution in [3.05, 3.63) is 47.5 Å². The van der Waals surface area contributed by atoms with Gasteiger partial charge in [-0.25, -0.2) is 4.98 Å². The van der Waals surface area contributed by atoms with E-state index in [2.05, 4.69) is 16.0 Å². The Kier molecular flexibility index (Phi) is 3.43. The molecule has 0 bridgehead atoms. The number of ketones is 1. The predicted molar refractivity (Wildman–Crippen MR) is 85.8 cm³/mol. The number of aryl methyl sites for hydroxylation is 1. The van der Waals surface area contributed by atoms with Crippen LogP contribution < -0.4 is 5.73 Å². The third-order valence-corrected chi connectivity index (χ3v) is 4.20. The molecule has 0 aliphatic rings. The van der Waals surface area contributed by atoms with Crippen LogP contribution in [0.2, 0.25) is 0 Å². The van der Waals surface area contributed by atoms with Gasteiger partial charge in [-0.05, 0) is 61.5 Å². The minimum absolute atomic E-state index is 0.0251. The van der Waals surface area contributed by atoms with Crippen LogP contribution in [0.5, 0.6) is 0 Å². The summed E-state index contributed by atoms with van der Waals surface area (Å²) in [5, 5.41) is 0.767. The van der Waals surface area contributed by atoms with E-state index in [0.717, 1.165) is 21.1 Å². The van der Waals surface area contributed by atoms with Gasteiger partial charge in [-0.2, -0.15) is 0 Å². The first kappa shape index (κ1) is 13.7. The van der Waals surface area contributed by atoms with Gasteiger partial charge in [-0.1, -0.05) is 6.07 Å². The summed E-state index contributed by atoms with van der Waals surface area (Å²) in [7, 11) is 0. The number of nitrogens with zero attached hydrogens (tertiary/aromatic N) is 1. The zero-order valence-electron chi connectivity index (χ0n) is 11.8. The Labute approximate surface area is 126 Å². The number of anilines is 1. The number of nitrogen functional groups attached to an aromatic ring is 1. The molecular weight excluding hydrogens is 282 g/mol. The number of nitrogens with two attached hydrogens (primary N) is 1. The molecular formula is C16H15N3OS. The van der Waals surface area contributed by atoms with Crippen LogP contribution >= 0.6 is 11.8 Å². The van der Waals surface area contributed by atoms with Crippen LogP contribution in [0.25, 0.3) is 11.0 Å². The van der Waals surface area contributed by atoms with Gasteiger partial charge in [0, 0.05) is 16.1 Å². The quantitative estimate of drug-likeness (QED) is 0.569. The fourth-order valence-electron chi connectivity index (χ4n) is 2.09. The topological polar surface area (TPSA) is 71.8 Å². The summed E-state index contributed by atoms with van der Waals surface area (Å²) in [6.07, 6.45) is 0. The third kappa shape index (κ3) is 2.78. The van der Waals surface area contributed by atoms with Gasteiger partial charge in [0.1, 0.15) is 0 Å². The molecule has 0 aliphatic heterocycles. The first-order valence-electron chi connectivity index (χ1n) is 6.57. The van der Waals surface area contributed by atoms with Crippen molar-refractivity contribution < 1.29 is 4.79 Å². The van der Waals surface area contributed by atoms with Crippen molar-refractivity contribution >= 4 is 34.3 Å². The molecule has 106 valence electrons. The lowest BCUT2D eigenvalue weighted by molar-refractivity contribution is 0.101. The lowest BCUT2D eigenvalue weighted by Crippen LogP contribution is -1.95. The molecule has 2 aromatic carbocycles. The molecule has 3 N–H and O–H groups in total. The zero-order valence-corrected chi connectivity index (χ0v) is 12.6. The maximum Gasteiger partial charge on any atom is 0.171 e. The van der Waals surface area contributed by atoms with Crippen molar-refractivity contribution in [2.75, 3.05) is 5.73 Å². The van der Waals surface area contributed by atoms with Crippen molar-refractivity contribution in [2.24, 2.45) is 0 Å². The second kappa shape index (κ2) is 5.26. The van der Waals surface area contributed by atoms with Crippen molar-refractivity contribution in [3.63, 3.8) is 0 Å². The second-order valence-electron chi connectivity index (χ2n) is 4.97. The highest BCUT2D eigenvalue weighted by atomic mass is 32.2. The molecule has 0 unspecified atom stereocenters. The molecule has 21 heavy (non-hydrogen) atoms. The monoisotopic (exact) mass is 297 g/mol. The summed E-state index contributed by atoms with van der Waals surface area (Å²) in [5.74, 6) is 0.0251. The van der Waals surface area contributed by atoms with Crippen molar-refractivity contribution in [3.8, 4) is 0 Å². The summed E-state index contributed by atoms with van der Waals surface area (Å²) in [6, 6.07) is 11.4. The van der Waals surface area contributed by atoms with E-state index in [9.17, 15) is 4.79 Å². The molecule has 0 atom stereocenters. The molecule has 3 rings (SSSR count). The Bertz CT molecular complexity index is 839. The highest BCUT2D eigenvalue weighted by Crippen LogP contribution is 2.32. The maximum atomic E-state index is 11.5. The highest BCUT2D eigenvalue weighted by molar-refractivity contribution is 7.99. The maximum absolute atomic E-state index is 11.5. The van der Waals surface area contributed by atoms with E-state index in [4.69, 9.17) is 5.73 Å². The van der Waals surface area contributed by atoms with Crippen LogP contribution in [0.15, 0.2) is 46.5 Å². The molecule has 0 radical (unpaired) electrons. The van der Waals surface area contributed by atoms with E-state index in [1.807, 2.05) is 19.1 Å². The standard InChI is InChI=1S/C16H15N3OS/c1-9-3-6-13-14(7-9)19-16(18-13)21-15-8-11(10(2)20)4-5-12(15)17/h3-8H,17H2,1-2H3,(H,18,19). The van der Waals surface area contributed by atoms with Gasteiger partial charge in [-0.15, -0.1) is 0 Å². The van der Waals surface area contributed by atoms with Crippen molar-refractivity contribution in [1.82, 2.24) is 9.97 Å². The zero-order chi connectivity index (χ0) is 15.0. The number of hydrogen-bond donors (Lipinski definition) is 2. The molecule has 4 nitrogen and oxygen atoms in total. The highest BCUT2D eigenvalue weighted by Gasteiger charge is 2.09. The molecule has 0 amide bonds. The first-order valence-corrected chi connectivity index (χ1v) is 7.39. The Balaban J connectivity index is 1.98. The number of fused-ring (bicyclic) bond motifs is 1. The van der Waals surface area contributed by atoms with E-state index >= 15 is 0 Å². The number of carbonyl (C=O) groups excluding carboxylic acids is 1. The van der Waals surface area contributed by atoms with Crippen LogP contribution in [0, 0.1) is 6.92 Å². The Morgan fingerprint density at radius 3 is 2.81 bits per heavy atom. The third-order valence-electron chi connectivity index (χ3n) is 3.24. The number of benzene rings is 2. The number of imidazole rings is 1. The summed E-state index contributed by atoms with van der Waals surface area (Å²) in [6.45, 7) is 3.59. The fourth-order valence-corrected chi connectivity index (χ4v) is 2.98. The van der Waals surface area contributed by atoms with Crippen LogP contribution in [-0.2, 0) is 0 Å². The molecule has 1 aromatic heterocycles. The number of Topliss-reactive ketones (excluding diaryl/α,β-unsaturated/α-hetero) is 1. The number of hydrogen-bond acceptors (Lipinski definition) is 4. The van der Waals surface area contributed by atoms with Gasteiger partial charge in [0.2, 0.25) is 0 Å². The number of aromatic amines is 1. The average molecular weight is 297 g/mol. The minimum Gasteiger partial charge on any atom is -0.398 e. The number of H-pyrrole nitrogens is 1. The summed E-state index contributed by atoms with van der Waals surface area (Å²) in [4.78, 5) is 20.1. The minimum atomic E-state index is 0.0251. The molecule has 0 spiro atoms. The molecule has 0 saturated heterocycles. The summed E-state index contributed by atoms with van der Waals surface area (Å²) >= 11 is 1.43. The lowest BCUT2D eigenvalue weighted by Gasteiger charge is -2.05. The van der Waals surface area contributed by atoms with Crippen LogP contribution in [-0.4, -0.2) is 15.8 Å². The fraction of sp³-hybridized carbons (Fsp3) is 0.125. The normalized spacial score (nSPS) is 11.0. The smallest absolute Gasteiger partial charge is 0.171 e. The van der Waals surface area contributed by atoms with E-state index in [1.54, 1.807) is 25.1 Å². The molecule has 3 aromatic rings. The average Bonchev–Trinajstić information content (AvgIpc) is 2.82. The molecule has 5 heteroatoms. The lowest BCUT2D eigenvalue weighted by atomic mass is 10.1. The Hall–Kier alpha value is -2.27. The van der Waals surface area contributed by atoms with Gasteiger partial charge in [0.15, 0.2) is 10.9 Å².